The zero-order chi connectivity index (χ0) is 24.4. The summed E-state index contributed by atoms with van der Waals surface area (Å²) < 4.78 is 7.32. The summed E-state index contributed by atoms with van der Waals surface area (Å²) in [4.78, 5) is 30.7. The van der Waals surface area contributed by atoms with Gasteiger partial charge in [-0.15, -0.1) is 11.3 Å². The number of para-hydroxylation sites is 1. The molecule has 1 aliphatic rings. The molecule has 0 saturated heterocycles. The number of esters is 1. The van der Waals surface area contributed by atoms with Gasteiger partial charge in [0.1, 0.15) is 5.54 Å². The SMILES string of the molecule is CCOC(=O)C1(NC(=O)CSc2nc3ccccc3s2)Cc2ccc(-c3ccc(Cl)cc3)cc2C1. The van der Waals surface area contributed by atoms with E-state index in [4.69, 9.17) is 16.3 Å². The van der Waals surface area contributed by atoms with Crippen molar-refractivity contribution in [1.29, 1.82) is 0 Å². The molecule has 0 saturated carbocycles. The number of hydrogen-bond acceptors (Lipinski definition) is 6. The highest BCUT2D eigenvalue weighted by Gasteiger charge is 2.46. The molecule has 8 heteroatoms. The normalized spacial score (nSPS) is 16.7. The molecule has 0 radical (unpaired) electrons. The van der Waals surface area contributed by atoms with Crippen LogP contribution in [-0.4, -0.2) is 34.8 Å². The Morgan fingerprint density at radius 3 is 2.57 bits per heavy atom. The number of aromatic nitrogens is 1. The van der Waals surface area contributed by atoms with Crippen molar-refractivity contribution in [3.63, 3.8) is 0 Å². The van der Waals surface area contributed by atoms with Crippen LogP contribution in [0.5, 0.6) is 0 Å². The van der Waals surface area contributed by atoms with Gasteiger partial charge in [0.15, 0.2) is 4.34 Å². The van der Waals surface area contributed by atoms with Crippen LogP contribution in [0.3, 0.4) is 0 Å². The lowest BCUT2D eigenvalue weighted by Gasteiger charge is -2.27. The summed E-state index contributed by atoms with van der Waals surface area (Å²) in [7, 11) is 0. The second-order valence-corrected chi connectivity index (χ2v) is 11.1. The van der Waals surface area contributed by atoms with Crippen LogP contribution in [0.15, 0.2) is 71.1 Å². The highest BCUT2D eigenvalue weighted by Crippen LogP contribution is 2.35. The minimum Gasteiger partial charge on any atom is -0.464 e. The van der Waals surface area contributed by atoms with Gasteiger partial charge in [-0.05, 0) is 53.4 Å². The number of halogens is 1. The maximum absolute atomic E-state index is 13.1. The van der Waals surface area contributed by atoms with E-state index >= 15 is 0 Å². The first-order chi connectivity index (χ1) is 17.0. The summed E-state index contributed by atoms with van der Waals surface area (Å²) in [6.07, 6.45) is 0.791. The molecule has 0 aliphatic heterocycles. The quantitative estimate of drug-likeness (QED) is 0.241. The number of nitrogens with one attached hydrogen (secondary N) is 1. The number of nitrogens with zero attached hydrogens (tertiary/aromatic N) is 1. The van der Waals surface area contributed by atoms with Gasteiger partial charge in [-0.25, -0.2) is 9.78 Å². The molecule has 1 unspecified atom stereocenters. The standard InChI is InChI=1S/C27H23ClN2O3S2/c1-2-33-25(32)27(30-24(31)16-34-26-29-22-5-3-4-6-23(22)35-26)14-19-8-7-18(13-20(19)15-27)17-9-11-21(28)12-10-17/h3-13H,2,14-16H2,1H3,(H,30,31). The van der Waals surface area contributed by atoms with Crippen molar-refractivity contribution < 1.29 is 14.3 Å². The molecule has 4 aromatic rings. The second-order valence-electron chi connectivity index (χ2n) is 8.43. The number of fused-ring (bicyclic) bond motifs is 2. The van der Waals surface area contributed by atoms with E-state index in [0.717, 1.165) is 36.8 Å². The second kappa shape index (κ2) is 10.0. The number of ether oxygens (including phenoxy) is 1. The highest BCUT2D eigenvalue weighted by molar-refractivity contribution is 8.01. The summed E-state index contributed by atoms with van der Waals surface area (Å²) in [5.74, 6) is -0.441. The molecule has 5 nitrogen and oxygen atoms in total. The summed E-state index contributed by atoms with van der Waals surface area (Å²) in [5.41, 5.74) is 3.97. The van der Waals surface area contributed by atoms with Crippen LogP contribution in [0, 0.1) is 0 Å². The predicted molar refractivity (Wildman–Crippen MR) is 142 cm³/mol. The smallest absolute Gasteiger partial charge is 0.332 e. The van der Waals surface area contributed by atoms with Crippen LogP contribution >= 0.6 is 34.7 Å². The van der Waals surface area contributed by atoms with Crippen molar-refractivity contribution in [1.82, 2.24) is 10.3 Å². The number of carbonyl (C=O) groups is 2. The van der Waals surface area contributed by atoms with Crippen LogP contribution in [0.25, 0.3) is 21.3 Å². The molecule has 5 rings (SSSR count). The lowest BCUT2D eigenvalue weighted by atomic mass is 9.95. The molecule has 1 aliphatic carbocycles. The van der Waals surface area contributed by atoms with E-state index in [2.05, 4.69) is 16.4 Å². The molecule has 1 heterocycles. The van der Waals surface area contributed by atoms with E-state index in [9.17, 15) is 9.59 Å². The van der Waals surface area contributed by atoms with Gasteiger partial charge in [-0.1, -0.05) is 65.8 Å². The minimum absolute atomic E-state index is 0.174. The van der Waals surface area contributed by atoms with Gasteiger partial charge in [-0.3, -0.25) is 4.79 Å². The van der Waals surface area contributed by atoms with Gasteiger partial charge in [0.25, 0.3) is 0 Å². The number of benzene rings is 3. The molecule has 1 atom stereocenters. The molecule has 35 heavy (non-hydrogen) atoms. The van der Waals surface area contributed by atoms with Gasteiger partial charge in [0.2, 0.25) is 5.91 Å². The maximum atomic E-state index is 13.1. The predicted octanol–water partition coefficient (Wildman–Crippen LogP) is 5.93. The Bertz CT molecular complexity index is 1370. The first kappa shape index (κ1) is 23.9. The Morgan fingerprint density at radius 1 is 1.06 bits per heavy atom. The van der Waals surface area contributed by atoms with E-state index in [-0.39, 0.29) is 18.3 Å². The first-order valence-electron chi connectivity index (χ1n) is 11.3. The topological polar surface area (TPSA) is 68.3 Å². The van der Waals surface area contributed by atoms with Crippen molar-refractivity contribution in [3.05, 3.63) is 82.9 Å². The third-order valence-electron chi connectivity index (χ3n) is 6.01. The summed E-state index contributed by atoms with van der Waals surface area (Å²) in [6, 6.07) is 21.7. The first-order valence-corrected chi connectivity index (χ1v) is 13.5. The molecular weight excluding hydrogens is 500 g/mol. The molecule has 1 amide bonds. The number of amides is 1. The van der Waals surface area contributed by atoms with Crippen molar-refractivity contribution >= 4 is 56.8 Å². The van der Waals surface area contributed by atoms with Gasteiger partial charge < -0.3 is 10.1 Å². The molecular formula is C27H23ClN2O3S2. The number of hydrogen-bond donors (Lipinski definition) is 1. The average molecular weight is 523 g/mol. The number of thiazole rings is 1. The Hall–Kier alpha value is -2.87. The van der Waals surface area contributed by atoms with Gasteiger partial charge in [0.05, 0.1) is 22.6 Å². The average Bonchev–Trinajstić information content (AvgIpc) is 3.44. The third kappa shape index (κ3) is 5.08. The zero-order valence-corrected chi connectivity index (χ0v) is 21.4. The number of thioether (sulfide) groups is 1. The van der Waals surface area contributed by atoms with Gasteiger partial charge in [-0.2, -0.15) is 0 Å². The van der Waals surface area contributed by atoms with E-state index in [1.54, 1.807) is 18.3 Å². The number of rotatable bonds is 7. The maximum Gasteiger partial charge on any atom is 0.332 e. The Labute approximate surface area is 216 Å². The van der Waals surface area contributed by atoms with E-state index in [1.807, 2.05) is 60.7 Å². The van der Waals surface area contributed by atoms with Crippen molar-refractivity contribution in [2.75, 3.05) is 12.4 Å². The molecule has 3 aromatic carbocycles. The molecule has 0 fully saturated rings. The fraction of sp³-hybridized carbons (Fsp3) is 0.222. The van der Waals surface area contributed by atoms with Crippen molar-refractivity contribution in [3.8, 4) is 11.1 Å². The highest BCUT2D eigenvalue weighted by atomic mass is 35.5. The number of carbonyl (C=O) groups excluding carboxylic acids is 2. The largest absolute Gasteiger partial charge is 0.464 e. The van der Waals surface area contributed by atoms with Crippen LogP contribution in [0.2, 0.25) is 5.02 Å². The molecule has 1 aromatic heterocycles. The zero-order valence-electron chi connectivity index (χ0n) is 19.0. The third-order valence-corrected chi connectivity index (χ3v) is 8.45. The minimum atomic E-state index is -1.11. The van der Waals surface area contributed by atoms with Crippen LogP contribution in [-0.2, 0) is 27.2 Å². The lowest BCUT2D eigenvalue weighted by molar-refractivity contribution is -0.152. The van der Waals surface area contributed by atoms with E-state index in [0.29, 0.717) is 17.9 Å². The molecule has 178 valence electrons. The summed E-state index contributed by atoms with van der Waals surface area (Å²) >= 11 is 8.97. The van der Waals surface area contributed by atoms with E-state index in [1.165, 1.54) is 11.8 Å². The molecule has 0 spiro atoms. The molecule has 0 bridgehead atoms. The lowest BCUT2D eigenvalue weighted by Crippen LogP contribution is -2.56. The van der Waals surface area contributed by atoms with E-state index < -0.39 is 11.5 Å². The summed E-state index contributed by atoms with van der Waals surface area (Å²) in [6.45, 7) is 2.03. The Balaban J connectivity index is 1.33. The van der Waals surface area contributed by atoms with Crippen molar-refractivity contribution in [2.45, 2.75) is 29.6 Å². The summed E-state index contributed by atoms with van der Waals surface area (Å²) in [5, 5.41) is 3.70. The van der Waals surface area contributed by atoms with Gasteiger partial charge in [0, 0.05) is 17.9 Å². The Kier molecular flexibility index (Phi) is 6.82. The van der Waals surface area contributed by atoms with Crippen LogP contribution in [0.1, 0.15) is 18.1 Å². The fourth-order valence-electron chi connectivity index (χ4n) is 4.39. The van der Waals surface area contributed by atoms with Crippen LogP contribution in [0.4, 0.5) is 0 Å². The van der Waals surface area contributed by atoms with Crippen LogP contribution < -0.4 is 5.32 Å². The monoisotopic (exact) mass is 522 g/mol. The Morgan fingerprint density at radius 2 is 1.80 bits per heavy atom. The fourth-order valence-corrected chi connectivity index (χ4v) is 6.39. The van der Waals surface area contributed by atoms with Crippen molar-refractivity contribution in [2.24, 2.45) is 0 Å². The van der Waals surface area contributed by atoms with Gasteiger partial charge >= 0.3 is 5.97 Å². The molecule has 1 N–H and O–H groups in total.